The van der Waals surface area contributed by atoms with E-state index in [1.54, 1.807) is 20.8 Å². The third-order valence-corrected chi connectivity index (χ3v) is 4.10. The molecular formula is C19H23N5O7. The molecule has 0 fully saturated rings. The van der Waals surface area contributed by atoms with Crippen LogP contribution in [0.2, 0.25) is 0 Å². The second-order valence-electron chi connectivity index (χ2n) is 6.30. The van der Waals surface area contributed by atoms with Gasteiger partial charge in [0.1, 0.15) is 0 Å². The minimum atomic E-state index is -0.615. The fourth-order valence-electron chi connectivity index (χ4n) is 2.77. The predicted molar refractivity (Wildman–Crippen MR) is 112 cm³/mol. The largest absolute Gasteiger partial charge is 0.490 e. The Labute approximate surface area is 176 Å². The normalized spacial score (nSPS) is 10.8. The molecule has 3 N–H and O–H groups in total. The van der Waals surface area contributed by atoms with Gasteiger partial charge >= 0.3 is 11.4 Å². The molecule has 0 aliphatic rings. The molecule has 0 bridgehead atoms. The van der Waals surface area contributed by atoms with Gasteiger partial charge in [-0.2, -0.15) is 5.10 Å². The Bertz CT molecular complexity index is 1100. The molecule has 0 radical (unpaired) electrons. The highest BCUT2D eigenvalue weighted by atomic mass is 16.6. The van der Waals surface area contributed by atoms with Crippen LogP contribution in [-0.2, 0) is 11.2 Å². The number of nitro benzene ring substituents is 1. The van der Waals surface area contributed by atoms with E-state index in [-0.39, 0.29) is 43.2 Å². The van der Waals surface area contributed by atoms with Crippen LogP contribution in [0.25, 0.3) is 0 Å². The summed E-state index contributed by atoms with van der Waals surface area (Å²) in [4.78, 5) is 50.4. The molecular weight excluding hydrogens is 410 g/mol. The fourth-order valence-corrected chi connectivity index (χ4v) is 2.77. The van der Waals surface area contributed by atoms with Crippen LogP contribution < -0.4 is 26.1 Å². The van der Waals surface area contributed by atoms with E-state index in [9.17, 15) is 24.5 Å². The van der Waals surface area contributed by atoms with Crippen LogP contribution in [0.4, 0.5) is 5.69 Å². The summed E-state index contributed by atoms with van der Waals surface area (Å²) in [6.07, 6.45) is 1.28. The highest BCUT2D eigenvalue weighted by Gasteiger charge is 2.22. The monoisotopic (exact) mass is 433 g/mol. The van der Waals surface area contributed by atoms with Gasteiger partial charge in [0.15, 0.2) is 5.75 Å². The number of ether oxygens (including phenoxy) is 2. The average molecular weight is 433 g/mol. The molecule has 1 aromatic carbocycles. The SMILES string of the molecule is CCOc1cc(/C=N/NC(=O)CCc2c(C)[nH]c(=O)[nH]c2=O)cc([N+](=O)[O-])c1OCC. The molecule has 31 heavy (non-hydrogen) atoms. The number of rotatable bonds is 10. The molecule has 2 aromatic rings. The van der Waals surface area contributed by atoms with Crippen molar-refractivity contribution in [3.05, 3.63) is 59.9 Å². The summed E-state index contributed by atoms with van der Waals surface area (Å²) in [5, 5.41) is 15.2. The second-order valence-corrected chi connectivity index (χ2v) is 6.30. The van der Waals surface area contributed by atoms with Crippen molar-refractivity contribution in [1.82, 2.24) is 15.4 Å². The lowest BCUT2D eigenvalue weighted by molar-refractivity contribution is -0.385. The van der Waals surface area contributed by atoms with E-state index in [0.717, 1.165) is 0 Å². The summed E-state index contributed by atoms with van der Waals surface area (Å²) >= 11 is 0. The van der Waals surface area contributed by atoms with Gasteiger partial charge in [-0.05, 0) is 33.3 Å². The Hall–Kier alpha value is -3.96. The third-order valence-electron chi connectivity index (χ3n) is 4.10. The van der Waals surface area contributed by atoms with Crippen molar-refractivity contribution in [1.29, 1.82) is 0 Å². The summed E-state index contributed by atoms with van der Waals surface area (Å²) in [5.74, 6) is -0.261. The number of amides is 1. The third kappa shape index (κ3) is 6.26. The number of aryl methyl sites for hydroxylation is 1. The molecule has 0 saturated heterocycles. The van der Waals surface area contributed by atoms with Gasteiger partial charge in [-0.1, -0.05) is 0 Å². The first-order valence-electron chi connectivity index (χ1n) is 9.48. The maximum Gasteiger partial charge on any atom is 0.325 e. The van der Waals surface area contributed by atoms with E-state index >= 15 is 0 Å². The summed E-state index contributed by atoms with van der Waals surface area (Å²) in [7, 11) is 0. The molecule has 1 aromatic heterocycles. The highest BCUT2D eigenvalue weighted by molar-refractivity contribution is 5.85. The zero-order chi connectivity index (χ0) is 23.0. The zero-order valence-electron chi connectivity index (χ0n) is 17.3. The lowest BCUT2D eigenvalue weighted by Crippen LogP contribution is -2.28. The van der Waals surface area contributed by atoms with Crippen LogP contribution in [0.3, 0.4) is 0 Å². The second kappa shape index (κ2) is 10.7. The Kier molecular flexibility index (Phi) is 8.06. The molecule has 0 atom stereocenters. The fraction of sp³-hybridized carbons (Fsp3) is 0.368. The Balaban J connectivity index is 2.11. The molecule has 0 aliphatic heterocycles. The summed E-state index contributed by atoms with van der Waals surface area (Å²) in [5.41, 5.74) is 1.85. The van der Waals surface area contributed by atoms with Crippen LogP contribution in [0.1, 0.15) is 37.1 Å². The standard InChI is InChI=1S/C19H23N5O7/c1-4-30-15-9-12(8-14(24(28)29)17(15)31-5-2)10-20-23-16(25)7-6-13-11(3)21-19(27)22-18(13)26/h8-10H,4-7H2,1-3H3,(H,23,25)(H2,21,22,26,27)/b20-10+. The van der Waals surface area contributed by atoms with Crippen LogP contribution in [-0.4, -0.2) is 40.2 Å². The summed E-state index contributed by atoms with van der Waals surface area (Å²) in [6, 6.07) is 2.77. The maximum absolute atomic E-state index is 12.0. The highest BCUT2D eigenvalue weighted by Crippen LogP contribution is 2.38. The number of benzene rings is 1. The van der Waals surface area contributed by atoms with Crippen molar-refractivity contribution in [2.45, 2.75) is 33.6 Å². The first kappa shape index (κ1) is 23.3. The summed E-state index contributed by atoms with van der Waals surface area (Å²) in [6.45, 7) is 5.50. The lowest BCUT2D eigenvalue weighted by Gasteiger charge is -2.11. The molecule has 0 saturated carbocycles. The molecule has 1 amide bonds. The minimum absolute atomic E-state index is 0.0250. The Morgan fingerprint density at radius 3 is 2.55 bits per heavy atom. The predicted octanol–water partition coefficient (Wildman–Crippen LogP) is 1.16. The first-order valence-corrected chi connectivity index (χ1v) is 9.48. The number of carbonyl (C=O) groups excluding carboxylic acids is 1. The van der Waals surface area contributed by atoms with Gasteiger partial charge in [0.05, 0.1) is 24.4 Å². The van der Waals surface area contributed by atoms with E-state index in [2.05, 4.69) is 20.5 Å². The molecule has 0 spiro atoms. The van der Waals surface area contributed by atoms with E-state index in [0.29, 0.717) is 16.8 Å². The molecule has 0 aliphatic carbocycles. The van der Waals surface area contributed by atoms with Crippen LogP contribution in [0, 0.1) is 17.0 Å². The van der Waals surface area contributed by atoms with Gasteiger partial charge in [-0.15, -0.1) is 0 Å². The van der Waals surface area contributed by atoms with Crippen LogP contribution >= 0.6 is 0 Å². The molecule has 0 unspecified atom stereocenters. The van der Waals surface area contributed by atoms with E-state index in [1.165, 1.54) is 18.3 Å². The number of H-pyrrole nitrogens is 2. The zero-order valence-corrected chi connectivity index (χ0v) is 17.3. The van der Waals surface area contributed by atoms with Crippen LogP contribution in [0.5, 0.6) is 11.5 Å². The topological polar surface area (TPSA) is 169 Å². The van der Waals surface area contributed by atoms with Crippen molar-refractivity contribution >= 4 is 17.8 Å². The number of carbonyl (C=O) groups is 1. The van der Waals surface area contributed by atoms with E-state index < -0.39 is 22.1 Å². The number of nitro groups is 1. The summed E-state index contributed by atoms with van der Waals surface area (Å²) < 4.78 is 10.8. The smallest absolute Gasteiger partial charge is 0.325 e. The van der Waals surface area contributed by atoms with Gasteiger partial charge < -0.3 is 14.5 Å². The lowest BCUT2D eigenvalue weighted by atomic mass is 10.1. The van der Waals surface area contributed by atoms with E-state index in [1.807, 2.05) is 0 Å². The molecule has 166 valence electrons. The van der Waals surface area contributed by atoms with Gasteiger partial charge in [-0.25, -0.2) is 10.2 Å². The number of nitrogens with zero attached hydrogens (tertiary/aromatic N) is 2. The number of nitrogens with one attached hydrogen (secondary N) is 3. The van der Waals surface area contributed by atoms with Gasteiger partial charge in [0.25, 0.3) is 5.56 Å². The maximum atomic E-state index is 12.0. The van der Waals surface area contributed by atoms with E-state index in [4.69, 9.17) is 9.47 Å². The Morgan fingerprint density at radius 1 is 1.23 bits per heavy atom. The van der Waals surface area contributed by atoms with Crippen molar-refractivity contribution in [3.63, 3.8) is 0 Å². The quantitative estimate of drug-likeness (QED) is 0.287. The molecule has 1 heterocycles. The number of hydrogen-bond acceptors (Lipinski definition) is 8. The minimum Gasteiger partial charge on any atom is -0.490 e. The van der Waals surface area contributed by atoms with Crippen molar-refractivity contribution in [2.24, 2.45) is 5.10 Å². The number of hydrazone groups is 1. The number of aromatic amines is 2. The van der Waals surface area contributed by atoms with Crippen molar-refractivity contribution in [2.75, 3.05) is 13.2 Å². The van der Waals surface area contributed by atoms with Crippen molar-refractivity contribution < 1.29 is 19.2 Å². The molecule has 12 heteroatoms. The number of hydrogen-bond donors (Lipinski definition) is 3. The van der Waals surface area contributed by atoms with Gasteiger partial charge in [0.2, 0.25) is 11.7 Å². The van der Waals surface area contributed by atoms with Crippen LogP contribution in [0.15, 0.2) is 26.8 Å². The molecule has 12 nitrogen and oxygen atoms in total. The van der Waals surface area contributed by atoms with Crippen molar-refractivity contribution in [3.8, 4) is 11.5 Å². The van der Waals surface area contributed by atoms with Gasteiger partial charge in [-0.3, -0.25) is 24.7 Å². The Morgan fingerprint density at radius 2 is 1.94 bits per heavy atom. The number of aromatic nitrogens is 2. The first-order chi connectivity index (χ1) is 14.8. The van der Waals surface area contributed by atoms with Gasteiger partial charge in [0, 0.05) is 29.3 Å². The molecule has 2 rings (SSSR count). The average Bonchev–Trinajstić information content (AvgIpc) is 2.69.